The molecule has 1 heterocycles. The normalized spacial score (nSPS) is 22.6. The van der Waals surface area contributed by atoms with E-state index in [9.17, 15) is 9.59 Å². The number of hydrogen-bond donors (Lipinski definition) is 0. The van der Waals surface area contributed by atoms with Gasteiger partial charge in [0.25, 0.3) is 0 Å². The van der Waals surface area contributed by atoms with Crippen molar-refractivity contribution in [3.63, 3.8) is 0 Å². The van der Waals surface area contributed by atoms with E-state index in [0.717, 1.165) is 5.56 Å². The Morgan fingerprint density at radius 2 is 2.11 bits per heavy atom. The number of ether oxygens (including phenoxy) is 2. The van der Waals surface area contributed by atoms with Gasteiger partial charge in [0.05, 0.1) is 12.5 Å². The monoisotopic (exact) mass is 248 g/mol. The van der Waals surface area contributed by atoms with Gasteiger partial charge in [-0.05, 0) is 18.9 Å². The molecule has 0 saturated carbocycles. The molecule has 0 aromatic heterocycles. The van der Waals surface area contributed by atoms with Crippen LogP contribution in [0.1, 0.15) is 12.5 Å². The van der Waals surface area contributed by atoms with Gasteiger partial charge >= 0.3 is 11.9 Å². The van der Waals surface area contributed by atoms with Crippen molar-refractivity contribution in [2.45, 2.75) is 13.3 Å². The Morgan fingerprint density at radius 3 is 2.78 bits per heavy atom. The first kappa shape index (κ1) is 12.6. The lowest BCUT2D eigenvalue weighted by Gasteiger charge is -2.13. The molecule has 1 saturated heterocycles. The number of rotatable bonds is 4. The largest absolute Gasteiger partial charge is 0.466 e. The van der Waals surface area contributed by atoms with Crippen LogP contribution in [-0.2, 0) is 25.5 Å². The Labute approximate surface area is 106 Å². The second-order valence-electron chi connectivity index (χ2n) is 4.28. The Bertz CT molecular complexity index is 427. The summed E-state index contributed by atoms with van der Waals surface area (Å²) in [6.45, 7) is 2.21. The van der Waals surface area contributed by atoms with Gasteiger partial charge in [-0.3, -0.25) is 9.59 Å². The summed E-state index contributed by atoms with van der Waals surface area (Å²) in [6, 6.07) is 9.62. The van der Waals surface area contributed by atoms with Crippen LogP contribution in [0.15, 0.2) is 30.3 Å². The molecule has 0 aliphatic carbocycles. The van der Waals surface area contributed by atoms with Crippen LogP contribution in [0, 0.1) is 11.8 Å². The van der Waals surface area contributed by atoms with Gasteiger partial charge in [0.1, 0.15) is 12.5 Å². The summed E-state index contributed by atoms with van der Waals surface area (Å²) in [7, 11) is 0. The Hall–Kier alpha value is -1.84. The lowest BCUT2D eigenvalue weighted by molar-refractivity contribution is -0.149. The summed E-state index contributed by atoms with van der Waals surface area (Å²) in [5.74, 6) is -1.55. The molecule has 1 aliphatic heterocycles. The van der Waals surface area contributed by atoms with Crippen LogP contribution in [0.2, 0.25) is 0 Å². The summed E-state index contributed by atoms with van der Waals surface area (Å²) in [5, 5.41) is 0. The van der Waals surface area contributed by atoms with E-state index in [1.165, 1.54) is 0 Å². The number of carbonyl (C=O) groups excluding carboxylic acids is 2. The highest BCUT2D eigenvalue weighted by atomic mass is 16.6. The van der Waals surface area contributed by atoms with Crippen LogP contribution in [0.5, 0.6) is 0 Å². The summed E-state index contributed by atoms with van der Waals surface area (Å²) < 4.78 is 9.95. The van der Waals surface area contributed by atoms with E-state index in [-0.39, 0.29) is 18.5 Å². The van der Waals surface area contributed by atoms with Crippen molar-refractivity contribution in [2.24, 2.45) is 11.8 Å². The molecule has 18 heavy (non-hydrogen) atoms. The number of hydrogen-bond acceptors (Lipinski definition) is 4. The van der Waals surface area contributed by atoms with Gasteiger partial charge < -0.3 is 9.47 Å². The molecule has 0 spiro atoms. The quantitative estimate of drug-likeness (QED) is 0.759. The van der Waals surface area contributed by atoms with Gasteiger partial charge in [-0.25, -0.2) is 0 Å². The first-order valence-corrected chi connectivity index (χ1v) is 6.09. The average Bonchev–Trinajstić information content (AvgIpc) is 2.73. The number of benzene rings is 1. The second-order valence-corrected chi connectivity index (χ2v) is 4.28. The third-order valence-corrected chi connectivity index (χ3v) is 3.08. The maximum atomic E-state index is 11.7. The fraction of sp³-hybridized carbons (Fsp3) is 0.429. The summed E-state index contributed by atoms with van der Waals surface area (Å²) >= 11 is 0. The van der Waals surface area contributed by atoms with Crippen LogP contribution >= 0.6 is 0 Å². The molecule has 4 heteroatoms. The second kappa shape index (κ2) is 5.67. The molecule has 96 valence electrons. The minimum atomic E-state index is -0.474. The molecule has 0 radical (unpaired) electrons. The van der Waals surface area contributed by atoms with Crippen LogP contribution in [0.4, 0.5) is 0 Å². The number of carbonyl (C=O) groups is 2. The SMILES string of the molecule is CCOC(=O)[C@@H]1COC(=O)[C@H]1Cc1ccccc1. The molecule has 2 rings (SSSR count). The molecular formula is C14H16O4. The third-order valence-electron chi connectivity index (χ3n) is 3.08. The average molecular weight is 248 g/mol. The van der Waals surface area contributed by atoms with Gasteiger partial charge in [-0.2, -0.15) is 0 Å². The smallest absolute Gasteiger partial charge is 0.313 e. The van der Waals surface area contributed by atoms with Crippen LogP contribution in [0.25, 0.3) is 0 Å². The van der Waals surface area contributed by atoms with E-state index in [1.807, 2.05) is 30.3 Å². The van der Waals surface area contributed by atoms with E-state index in [1.54, 1.807) is 6.92 Å². The third kappa shape index (κ3) is 2.70. The summed E-state index contributed by atoms with van der Waals surface area (Å²) in [4.78, 5) is 23.4. The van der Waals surface area contributed by atoms with E-state index in [4.69, 9.17) is 9.47 Å². The predicted molar refractivity (Wildman–Crippen MR) is 64.7 cm³/mol. The Balaban J connectivity index is 2.08. The highest BCUT2D eigenvalue weighted by Gasteiger charge is 2.42. The number of cyclic esters (lactones) is 1. The molecule has 0 unspecified atom stereocenters. The minimum Gasteiger partial charge on any atom is -0.466 e. The first-order chi connectivity index (χ1) is 8.72. The van der Waals surface area contributed by atoms with E-state index >= 15 is 0 Å². The van der Waals surface area contributed by atoms with Crippen LogP contribution in [-0.4, -0.2) is 25.2 Å². The lowest BCUT2D eigenvalue weighted by Crippen LogP contribution is -2.27. The number of esters is 2. The first-order valence-electron chi connectivity index (χ1n) is 6.09. The molecule has 4 nitrogen and oxygen atoms in total. The molecular weight excluding hydrogens is 232 g/mol. The highest BCUT2D eigenvalue weighted by molar-refractivity contribution is 5.85. The summed E-state index contributed by atoms with van der Waals surface area (Å²) in [5.41, 5.74) is 1.02. The predicted octanol–water partition coefficient (Wildman–Crippen LogP) is 1.58. The maximum absolute atomic E-state index is 11.7. The lowest BCUT2D eigenvalue weighted by atomic mass is 9.89. The molecule has 2 atom stereocenters. The van der Waals surface area contributed by atoms with Crippen molar-refractivity contribution in [2.75, 3.05) is 13.2 Å². The van der Waals surface area contributed by atoms with Crippen molar-refractivity contribution < 1.29 is 19.1 Å². The van der Waals surface area contributed by atoms with Gasteiger partial charge in [-0.1, -0.05) is 30.3 Å². The van der Waals surface area contributed by atoms with Crippen molar-refractivity contribution in [1.82, 2.24) is 0 Å². The molecule has 0 amide bonds. The fourth-order valence-electron chi connectivity index (χ4n) is 2.13. The molecule has 1 aromatic rings. The molecule has 0 N–H and O–H groups in total. The van der Waals surface area contributed by atoms with Crippen molar-refractivity contribution in [3.05, 3.63) is 35.9 Å². The Morgan fingerprint density at radius 1 is 1.39 bits per heavy atom. The van der Waals surface area contributed by atoms with Gasteiger partial charge in [0, 0.05) is 0 Å². The van der Waals surface area contributed by atoms with Gasteiger partial charge in [0.2, 0.25) is 0 Å². The molecule has 0 bridgehead atoms. The zero-order valence-corrected chi connectivity index (χ0v) is 10.3. The minimum absolute atomic E-state index is 0.134. The Kier molecular flexibility index (Phi) is 3.97. The standard InChI is InChI=1S/C14H16O4/c1-2-17-14(16)12-9-18-13(15)11(12)8-10-6-4-3-5-7-10/h3-7,11-12H,2,8-9H2,1H3/t11-,12+/m0/s1. The van der Waals surface area contributed by atoms with Crippen molar-refractivity contribution in [3.8, 4) is 0 Å². The summed E-state index contributed by atoms with van der Waals surface area (Å²) in [6.07, 6.45) is 0.517. The molecule has 1 aliphatic rings. The zero-order valence-electron chi connectivity index (χ0n) is 10.3. The highest BCUT2D eigenvalue weighted by Crippen LogP contribution is 2.27. The van der Waals surface area contributed by atoms with Crippen LogP contribution in [0.3, 0.4) is 0 Å². The molecule has 1 fully saturated rings. The maximum Gasteiger partial charge on any atom is 0.313 e. The van der Waals surface area contributed by atoms with E-state index < -0.39 is 11.8 Å². The fourth-order valence-corrected chi connectivity index (χ4v) is 2.13. The molecule has 1 aromatic carbocycles. The van der Waals surface area contributed by atoms with Gasteiger partial charge in [-0.15, -0.1) is 0 Å². The topological polar surface area (TPSA) is 52.6 Å². The van der Waals surface area contributed by atoms with Gasteiger partial charge in [0.15, 0.2) is 0 Å². The zero-order chi connectivity index (χ0) is 13.0. The van der Waals surface area contributed by atoms with E-state index in [2.05, 4.69) is 0 Å². The van der Waals surface area contributed by atoms with Crippen molar-refractivity contribution in [1.29, 1.82) is 0 Å². The van der Waals surface area contributed by atoms with Crippen LogP contribution < -0.4 is 0 Å². The van der Waals surface area contributed by atoms with E-state index in [0.29, 0.717) is 13.0 Å². The van der Waals surface area contributed by atoms with Crippen molar-refractivity contribution >= 4 is 11.9 Å².